The van der Waals surface area contributed by atoms with Gasteiger partial charge in [0.1, 0.15) is 0 Å². The molecule has 1 aromatic heterocycles. The molecule has 1 atom stereocenters. The van der Waals surface area contributed by atoms with E-state index in [1.165, 1.54) is 17.4 Å². The zero-order valence-electron chi connectivity index (χ0n) is 12.6. The lowest BCUT2D eigenvalue weighted by Gasteiger charge is -2.25. The summed E-state index contributed by atoms with van der Waals surface area (Å²) < 4.78 is 0. The Balaban J connectivity index is 3.09. The average molecular weight is 300 g/mol. The molecule has 5 nitrogen and oxygen atoms in total. The second kappa shape index (κ2) is 7.59. The Bertz CT molecular complexity index is 442. The predicted molar refractivity (Wildman–Crippen MR) is 83.6 cm³/mol. The van der Waals surface area contributed by atoms with Crippen molar-refractivity contribution in [1.82, 2.24) is 0 Å². The van der Waals surface area contributed by atoms with Crippen LogP contribution in [-0.2, 0) is 0 Å². The van der Waals surface area contributed by atoms with E-state index in [-0.39, 0.29) is 10.6 Å². The highest BCUT2D eigenvalue weighted by Crippen LogP contribution is 2.40. The number of thiophene rings is 1. The van der Waals surface area contributed by atoms with E-state index < -0.39 is 6.10 Å². The molecule has 0 radical (unpaired) electrons. The zero-order valence-corrected chi connectivity index (χ0v) is 13.4. The lowest BCUT2D eigenvalue weighted by Crippen LogP contribution is -2.28. The Morgan fingerprint density at radius 1 is 1.40 bits per heavy atom. The number of aliphatic hydroxyl groups excluding tert-OH is 1. The summed E-state index contributed by atoms with van der Waals surface area (Å²) in [6, 6.07) is 1.50. The van der Waals surface area contributed by atoms with Crippen LogP contribution in [0.1, 0.15) is 51.5 Å². The van der Waals surface area contributed by atoms with Gasteiger partial charge in [0.2, 0.25) is 0 Å². The quantitative estimate of drug-likeness (QED) is 0.582. The molecule has 114 valence electrons. The van der Waals surface area contributed by atoms with Gasteiger partial charge < -0.3 is 10.0 Å². The first kappa shape index (κ1) is 16.9. The Morgan fingerprint density at radius 2 is 2.00 bits per heavy atom. The minimum atomic E-state index is -0.667. The van der Waals surface area contributed by atoms with Crippen LogP contribution in [0.5, 0.6) is 0 Å². The molecule has 6 heteroatoms. The summed E-state index contributed by atoms with van der Waals surface area (Å²) in [4.78, 5) is 13.6. The van der Waals surface area contributed by atoms with Crippen molar-refractivity contribution in [3.05, 3.63) is 21.1 Å². The Labute approximate surface area is 124 Å². The van der Waals surface area contributed by atoms with Gasteiger partial charge in [-0.3, -0.25) is 10.1 Å². The molecule has 0 aliphatic carbocycles. The Morgan fingerprint density at radius 3 is 2.40 bits per heavy atom. The number of nitrogens with zero attached hydrogens (tertiary/aromatic N) is 2. The van der Waals surface area contributed by atoms with Gasteiger partial charge in [0, 0.05) is 24.0 Å². The van der Waals surface area contributed by atoms with Crippen molar-refractivity contribution in [1.29, 1.82) is 0 Å². The van der Waals surface area contributed by atoms with Crippen molar-refractivity contribution < 1.29 is 10.0 Å². The minimum Gasteiger partial charge on any atom is -0.388 e. The molecule has 0 unspecified atom stereocenters. The molecule has 0 saturated carbocycles. The molecule has 0 spiro atoms. The second-order valence-electron chi connectivity index (χ2n) is 4.99. The lowest BCUT2D eigenvalue weighted by molar-refractivity contribution is -0.383. The number of hydrogen-bond acceptors (Lipinski definition) is 5. The smallest absolute Gasteiger partial charge is 0.304 e. The number of nitro groups is 1. The van der Waals surface area contributed by atoms with Gasteiger partial charge in [-0.25, -0.2) is 0 Å². The highest BCUT2D eigenvalue weighted by molar-refractivity contribution is 7.16. The predicted octanol–water partition coefficient (Wildman–Crippen LogP) is 3.97. The molecule has 0 fully saturated rings. The third-order valence-electron chi connectivity index (χ3n) is 3.62. The summed E-state index contributed by atoms with van der Waals surface area (Å²) in [6.07, 6.45) is 1.46. The van der Waals surface area contributed by atoms with E-state index in [1.54, 1.807) is 6.92 Å². The summed E-state index contributed by atoms with van der Waals surface area (Å²) in [7, 11) is 0. The number of anilines is 1. The molecule has 0 amide bonds. The van der Waals surface area contributed by atoms with Crippen LogP contribution in [-0.4, -0.2) is 23.1 Å². The van der Waals surface area contributed by atoms with Gasteiger partial charge in [-0.05, 0) is 19.8 Å². The van der Waals surface area contributed by atoms with Gasteiger partial charge in [0.05, 0.1) is 11.0 Å². The highest BCUT2D eigenvalue weighted by atomic mass is 32.1. The zero-order chi connectivity index (χ0) is 15.3. The van der Waals surface area contributed by atoms with Gasteiger partial charge in [0.15, 0.2) is 5.00 Å². The molecule has 1 heterocycles. The SMILES string of the molecule is CCC(CC)CN(CC)c1sc([C@H](C)O)cc1[N+](=O)[O-]. The van der Waals surface area contributed by atoms with Crippen molar-refractivity contribution in [2.75, 3.05) is 18.0 Å². The average Bonchev–Trinajstić information content (AvgIpc) is 2.85. The number of aliphatic hydroxyl groups is 1. The highest BCUT2D eigenvalue weighted by Gasteiger charge is 2.25. The molecule has 1 N–H and O–H groups in total. The summed E-state index contributed by atoms with van der Waals surface area (Å²) in [5.74, 6) is 0.534. The molecule has 20 heavy (non-hydrogen) atoms. The maximum absolute atomic E-state index is 11.2. The van der Waals surface area contributed by atoms with Crippen LogP contribution in [0.2, 0.25) is 0 Å². The summed E-state index contributed by atoms with van der Waals surface area (Å²) in [6.45, 7) is 9.49. The van der Waals surface area contributed by atoms with E-state index in [0.717, 1.165) is 25.9 Å². The molecule has 0 aliphatic rings. The van der Waals surface area contributed by atoms with E-state index in [1.807, 2.05) is 6.92 Å². The van der Waals surface area contributed by atoms with Crippen LogP contribution < -0.4 is 4.90 Å². The van der Waals surface area contributed by atoms with Crippen LogP contribution in [0, 0.1) is 16.0 Å². The van der Waals surface area contributed by atoms with Crippen LogP contribution >= 0.6 is 11.3 Å². The third kappa shape index (κ3) is 3.93. The van der Waals surface area contributed by atoms with Gasteiger partial charge in [-0.1, -0.05) is 26.7 Å². The van der Waals surface area contributed by atoms with Crippen LogP contribution in [0.15, 0.2) is 6.07 Å². The number of rotatable bonds is 8. The minimum absolute atomic E-state index is 0.110. The monoisotopic (exact) mass is 300 g/mol. The first-order valence-electron chi connectivity index (χ1n) is 7.15. The summed E-state index contributed by atoms with van der Waals surface area (Å²) in [5, 5.41) is 21.5. The topological polar surface area (TPSA) is 66.6 Å². The molecule has 0 bridgehead atoms. The summed E-state index contributed by atoms with van der Waals surface area (Å²) >= 11 is 1.33. The summed E-state index contributed by atoms with van der Waals surface area (Å²) in [5.41, 5.74) is 0.110. The van der Waals surface area contributed by atoms with Crippen LogP contribution in [0.25, 0.3) is 0 Å². The Kier molecular flexibility index (Phi) is 6.42. The van der Waals surface area contributed by atoms with E-state index in [4.69, 9.17) is 0 Å². The largest absolute Gasteiger partial charge is 0.388 e. The molecular formula is C14H24N2O3S. The van der Waals surface area contributed by atoms with Gasteiger partial charge in [-0.2, -0.15) is 0 Å². The van der Waals surface area contributed by atoms with Crippen molar-refractivity contribution in [2.45, 2.75) is 46.6 Å². The van der Waals surface area contributed by atoms with E-state index in [0.29, 0.717) is 15.8 Å². The maximum Gasteiger partial charge on any atom is 0.304 e. The Hall–Kier alpha value is -1.14. The fourth-order valence-corrected chi connectivity index (χ4v) is 3.30. The standard InChI is InChI=1S/C14H24N2O3S/c1-5-11(6-2)9-15(7-3)14-12(16(18)19)8-13(20-14)10(4)17/h8,10-11,17H,5-7,9H2,1-4H3/t10-/m0/s1. The normalized spacial score (nSPS) is 12.7. The first-order valence-corrected chi connectivity index (χ1v) is 7.97. The molecule has 0 aliphatic heterocycles. The molecular weight excluding hydrogens is 276 g/mol. The van der Waals surface area contributed by atoms with Crippen molar-refractivity contribution in [2.24, 2.45) is 5.92 Å². The lowest BCUT2D eigenvalue weighted by atomic mass is 10.0. The van der Waals surface area contributed by atoms with Crippen LogP contribution in [0.4, 0.5) is 10.7 Å². The maximum atomic E-state index is 11.2. The molecule has 0 aromatic carbocycles. The van der Waals surface area contributed by atoms with Gasteiger partial charge in [0.25, 0.3) is 0 Å². The number of hydrogen-bond donors (Lipinski definition) is 1. The van der Waals surface area contributed by atoms with Crippen molar-refractivity contribution >= 4 is 22.0 Å². The van der Waals surface area contributed by atoms with Crippen molar-refractivity contribution in [3.8, 4) is 0 Å². The van der Waals surface area contributed by atoms with Gasteiger partial charge in [-0.15, -0.1) is 11.3 Å². The molecule has 1 rings (SSSR count). The van der Waals surface area contributed by atoms with E-state index in [9.17, 15) is 15.2 Å². The molecule has 0 saturated heterocycles. The second-order valence-corrected chi connectivity index (χ2v) is 6.06. The fourth-order valence-electron chi connectivity index (χ4n) is 2.17. The molecule has 1 aromatic rings. The van der Waals surface area contributed by atoms with Crippen molar-refractivity contribution in [3.63, 3.8) is 0 Å². The fraction of sp³-hybridized carbons (Fsp3) is 0.714. The van der Waals surface area contributed by atoms with E-state index >= 15 is 0 Å². The van der Waals surface area contributed by atoms with Gasteiger partial charge >= 0.3 is 5.69 Å². The first-order chi connectivity index (χ1) is 9.44. The van der Waals surface area contributed by atoms with Crippen LogP contribution in [0.3, 0.4) is 0 Å². The third-order valence-corrected chi connectivity index (χ3v) is 4.98. The van der Waals surface area contributed by atoms with E-state index in [2.05, 4.69) is 18.7 Å².